The SMILES string of the molecule is CCC(CC)NC(=O)C(C)NCCNC(N)=O. The van der Waals surface area contributed by atoms with Gasteiger partial charge in [0.15, 0.2) is 0 Å². The summed E-state index contributed by atoms with van der Waals surface area (Å²) in [6.45, 7) is 6.81. The highest BCUT2D eigenvalue weighted by atomic mass is 16.2. The summed E-state index contributed by atoms with van der Waals surface area (Å²) >= 11 is 0. The number of carbonyl (C=O) groups excluding carboxylic acids is 2. The van der Waals surface area contributed by atoms with E-state index in [1.807, 2.05) is 13.8 Å². The number of carbonyl (C=O) groups is 2. The number of amides is 3. The molecule has 0 aromatic heterocycles. The van der Waals surface area contributed by atoms with Crippen LogP contribution in [0.4, 0.5) is 4.79 Å². The summed E-state index contributed by atoms with van der Waals surface area (Å²) in [5, 5.41) is 8.41. The number of rotatable bonds is 8. The number of primary amides is 1. The summed E-state index contributed by atoms with van der Waals surface area (Å²) in [4.78, 5) is 22.1. The standard InChI is InChI=1S/C11H24N4O2/c1-4-9(5-2)15-10(16)8(3)13-6-7-14-11(12)17/h8-9,13H,4-7H2,1-3H3,(H,15,16)(H3,12,14,17). The monoisotopic (exact) mass is 244 g/mol. The summed E-state index contributed by atoms with van der Waals surface area (Å²) in [6.07, 6.45) is 1.86. The molecule has 0 aromatic rings. The van der Waals surface area contributed by atoms with Crippen molar-refractivity contribution in [3.8, 4) is 0 Å². The molecule has 0 saturated heterocycles. The zero-order valence-corrected chi connectivity index (χ0v) is 10.9. The minimum Gasteiger partial charge on any atom is -0.352 e. The van der Waals surface area contributed by atoms with Crippen molar-refractivity contribution in [2.75, 3.05) is 13.1 Å². The molecular formula is C11H24N4O2. The Bertz CT molecular complexity index is 242. The van der Waals surface area contributed by atoms with Gasteiger partial charge in [-0.25, -0.2) is 4.79 Å². The Balaban J connectivity index is 3.77. The van der Waals surface area contributed by atoms with E-state index in [0.29, 0.717) is 13.1 Å². The van der Waals surface area contributed by atoms with Crippen LogP contribution in [0.15, 0.2) is 0 Å². The van der Waals surface area contributed by atoms with Crippen LogP contribution in [0.25, 0.3) is 0 Å². The van der Waals surface area contributed by atoms with Crippen LogP contribution < -0.4 is 21.7 Å². The van der Waals surface area contributed by atoms with E-state index in [1.54, 1.807) is 6.92 Å². The maximum atomic E-state index is 11.7. The first-order chi connectivity index (χ1) is 8.01. The predicted molar refractivity (Wildman–Crippen MR) is 67.6 cm³/mol. The molecule has 0 spiro atoms. The second-order valence-corrected chi connectivity index (χ2v) is 3.99. The van der Waals surface area contributed by atoms with Crippen LogP contribution in [0, 0.1) is 0 Å². The fourth-order valence-electron chi connectivity index (χ4n) is 1.39. The number of hydrogen-bond donors (Lipinski definition) is 4. The van der Waals surface area contributed by atoms with Gasteiger partial charge in [-0.05, 0) is 19.8 Å². The van der Waals surface area contributed by atoms with Gasteiger partial charge >= 0.3 is 6.03 Å². The van der Waals surface area contributed by atoms with E-state index in [0.717, 1.165) is 12.8 Å². The highest BCUT2D eigenvalue weighted by Crippen LogP contribution is 1.96. The van der Waals surface area contributed by atoms with Crippen molar-refractivity contribution in [2.24, 2.45) is 5.73 Å². The summed E-state index contributed by atoms with van der Waals surface area (Å²) in [5.74, 6) is -0.0159. The molecule has 6 nitrogen and oxygen atoms in total. The molecule has 1 atom stereocenters. The molecular weight excluding hydrogens is 220 g/mol. The summed E-state index contributed by atoms with van der Waals surface area (Å²) in [6, 6.07) is -0.596. The number of urea groups is 1. The maximum absolute atomic E-state index is 11.7. The Morgan fingerprint density at radius 1 is 1.18 bits per heavy atom. The van der Waals surface area contributed by atoms with Crippen molar-refractivity contribution < 1.29 is 9.59 Å². The van der Waals surface area contributed by atoms with Gasteiger partial charge in [0, 0.05) is 19.1 Å². The van der Waals surface area contributed by atoms with Crippen LogP contribution in [0.5, 0.6) is 0 Å². The smallest absolute Gasteiger partial charge is 0.312 e. The van der Waals surface area contributed by atoms with Gasteiger partial charge < -0.3 is 21.7 Å². The molecule has 0 radical (unpaired) electrons. The van der Waals surface area contributed by atoms with Crippen LogP contribution in [-0.4, -0.2) is 37.1 Å². The molecule has 17 heavy (non-hydrogen) atoms. The average Bonchev–Trinajstić information content (AvgIpc) is 2.30. The molecule has 0 heterocycles. The number of nitrogens with one attached hydrogen (secondary N) is 3. The molecule has 0 aliphatic heterocycles. The van der Waals surface area contributed by atoms with Crippen LogP contribution in [0.2, 0.25) is 0 Å². The molecule has 5 N–H and O–H groups in total. The molecule has 0 aliphatic rings. The van der Waals surface area contributed by atoms with Crippen LogP contribution in [0.3, 0.4) is 0 Å². The second-order valence-electron chi connectivity index (χ2n) is 3.99. The number of hydrogen-bond acceptors (Lipinski definition) is 3. The highest BCUT2D eigenvalue weighted by molar-refractivity contribution is 5.81. The molecule has 0 fully saturated rings. The third-order valence-electron chi connectivity index (χ3n) is 2.60. The second kappa shape index (κ2) is 8.81. The third kappa shape index (κ3) is 7.57. The van der Waals surface area contributed by atoms with E-state index in [1.165, 1.54) is 0 Å². The van der Waals surface area contributed by atoms with Crippen LogP contribution in [0.1, 0.15) is 33.6 Å². The maximum Gasteiger partial charge on any atom is 0.312 e. The van der Waals surface area contributed by atoms with Gasteiger partial charge in [-0.3, -0.25) is 4.79 Å². The Morgan fingerprint density at radius 3 is 2.24 bits per heavy atom. The molecule has 0 saturated carbocycles. The summed E-state index contributed by atoms with van der Waals surface area (Å²) in [7, 11) is 0. The molecule has 100 valence electrons. The first-order valence-corrected chi connectivity index (χ1v) is 6.08. The lowest BCUT2D eigenvalue weighted by Crippen LogP contribution is -2.47. The molecule has 0 rings (SSSR count). The van der Waals surface area contributed by atoms with Gasteiger partial charge in [-0.1, -0.05) is 13.8 Å². The zero-order valence-electron chi connectivity index (χ0n) is 10.9. The molecule has 0 aliphatic carbocycles. The lowest BCUT2D eigenvalue weighted by molar-refractivity contribution is -0.123. The van der Waals surface area contributed by atoms with E-state index in [9.17, 15) is 9.59 Å². The fourth-order valence-corrected chi connectivity index (χ4v) is 1.39. The quantitative estimate of drug-likeness (QED) is 0.450. The van der Waals surface area contributed by atoms with E-state index in [2.05, 4.69) is 16.0 Å². The molecule has 3 amide bonds. The van der Waals surface area contributed by atoms with Gasteiger partial charge in [0.1, 0.15) is 0 Å². The Kier molecular flexibility index (Phi) is 8.13. The molecule has 6 heteroatoms. The lowest BCUT2D eigenvalue weighted by Gasteiger charge is -2.19. The van der Waals surface area contributed by atoms with Crippen molar-refractivity contribution in [3.05, 3.63) is 0 Å². The van der Waals surface area contributed by atoms with E-state index >= 15 is 0 Å². The van der Waals surface area contributed by atoms with Gasteiger partial charge in [0.25, 0.3) is 0 Å². The lowest BCUT2D eigenvalue weighted by atomic mass is 10.1. The topological polar surface area (TPSA) is 96.2 Å². The van der Waals surface area contributed by atoms with Crippen LogP contribution >= 0.6 is 0 Å². The fraction of sp³-hybridized carbons (Fsp3) is 0.818. The van der Waals surface area contributed by atoms with Gasteiger partial charge in [-0.15, -0.1) is 0 Å². The normalized spacial score (nSPS) is 12.2. The average molecular weight is 244 g/mol. The Morgan fingerprint density at radius 2 is 1.76 bits per heavy atom. The summed E-state index contributed by atoms with van der Waals surface area (Å²) < 4.78 is 0. The van der Waals surface area contributed by atoms with E-state index < -0.39 is 6.03 Å². The van der Waals surface area contributed by atoms with Crippen molar-refractivity contribution >= 4 is 11.9 Å². The minimum atomic E-state index is -0.555. The first kappa shape index (κ1) is 15.7. The first-order valence-electron chi connectivity index (χ1n) is 6.08. The molecule has 0 bridgehead atoms. The van der Waals surface area contributed by atoms with Gasteiger partial charge in [0.05, 0.1) is 6.04 Å². The molecule has 1 unspecified atom stereocenters. The number of nitrogens with two attached hydrogens (primary N) is 1. The van der Waals surface area contributed by atoms with Crippen molar-refractivity contribution in [1.29, 1.82) is 0 Å². The summed E-state index contributed by atoms with van der Waals surface area (Å²) in [5.41, 5.74) is 4.91. The van der Waals surface area contributed by atoms with Gasteiger partial charge in [-0.2, -0.15) is 0 Å². The zero-order chi connectivity index (χ0) is 13.3. The largest absolute Gasteiger partial charge is 0.352 e. The van der Waals surface area contributed by atoms with Crippen molar-refractivity contribution in [2.45, 2.75) is 45.7 Å². The van der Waals surface area contributed by atoms with E-state index in [4.69, 9.17) is 5.73 Å². The van der Waals surface area contributed by atoms with Crippen molar-refractivity contribution in [3.63, 3.8) is 0 Å². The minimum absolute atomic E-state index is 0.0159. The van der Waals surface area contributed by atoms with Crippen molar-refractivity contribution in [1.82, 2.24) is 16.0 Å². The van der Waals surface area contributed by atoms with Gasteiger partial charge in [0.2, 0.25) is 5.91 Å². The Hall–Kier alpha value is -1.30. The van der Waals surface area contributed by atoms with E-state index in [-0.39, 0.29) is 18.0 Å². The third-order valence-corrected chi connectivity index (χ3v) is 2.60. The van der Waals surface area contributed by atoms with Crippen LogP contribution in [-0.2, 0) is 4.79 Å². The molecule has 0 aromatic carbocycles. The Labute approximate surface area is 103 Å². The highest BCUT2D eigenvalue weighted by Gasteiger charge is 2.14. The predicted octanol–water partition coefficient (Wildman–Crippen LogP) is -0.0624.